The van der Waals surface area contributed by atoms with Crippen molar-refractivity contribution in [3.05, 3.63) is 63.6 Å². The van der Waals surface area contributed by atoms with E-state index in [4.69, 9.17) is 27.9 Å². The van der Waals surface area contributed by atoms with Gasteiger partial charge >= 0.3 is 0 Å². The molecule has 0 aliphatic carbocycles. The highest BCUT2D eigenvalue weighted by molar-refractivity contribution is 6.36. The van der Waals surface area contributed by atoms with Crippen molar-refractivity contribution in [2.45, 2.75) is 26.3 Å². The highest BCUT2D eigenvalue weighted by atomic mass is 35.5. The summed E-state index contributed by atoms with van der Waals surface area (Å²) < 4.78 is 5.22. The monoisotopic (exact) mass is 422 g/mol. The van der Waals surface area contributed by atoms with E-state index in [1.54, 1.807) is 42.5 Å². The predicted molar refractivity (Wildman–Crippen MR) is 112 cm³/mol. The number of hydrogen-bond donors (Lipinski definition) is 2. The fraction of sp³-hybridized carbons (Fsp3) is 0.333. The van der Waals surface area contributed by atoms with Gasteiger partial charge in [-0.1, -0.05) is 55.2 Å². The van der Waals surface area contributed by atoms with Crippen molar-refractivity contribution < 1.29 is 14.3 Å². The fourth-order valence-electron chi connectivity index (χ4n) is 2.78. The predicted octanol–water partition coefficient (Wildman–Crippen LogP) is 4.12. The lowest BCUT2D eigenvalue weighted by atomic mass is 10.0. The lowest BCUT2D eigenvalue weighted by Gasteiger charge is -2.22. The Hall–Kier alpha value is -2.24. The van der Waals surface area contributed by atoms with Gasteiger partial charge in [0.1, 0.15) is 11.8 Å². The van der Waals surface area contributed by atoms with Crippen LogP contribution in [0.5, 0.6) is 5.75 Å². The number of amides is 2. The van der Waals surface area contributed by atoms with Crippen LogP contribution in [0.2, 0.25) is 10.0 Å². The second-order valence-corrected chi connectivity index (χ2v) is 7.45. The number of rotatable bonds is 8. The Balaban J connectivity index is 2.01. The van der Waals surface area contributed by atoms with E-state index in [9.17, 15) is 9.59 Å². The highest BCUT2D eigenvalue weighted by Crippen LogP contribution is 2.24. The summed E-state index contributed by atoms with van der Waals surface area (Å²) in [6, 6.07) is 11.5. The second kappa shape index (κ2) is 10.3. The van der Waals surface area contributed by atoms with E-state index in [0.29, 0.717) is 34.3 Å². The molecule has 1 unspecified atom stereocenters. The smallest absolute Gasteiger partial charge is 0.255 e. The molecule has 2 N–H and O–H groups in total. The van der Waals surface area contributed by atoms with Crippen molar-refractivity contribution in [1.82, 2.24) is 10.6 Å². The molecule has 150 valence electrons. The standard InChI is InChI=1S/C21H24Cl2N2O3/c1-13(2)19(25-20(26)15-7-4-5-10-18(15)28-3)21(27)24-12-11-14-16(22)8-6-9-17(14)23/h4-10,13,19H,11-12H2,1-3H3,(H,24,27)(H,25,26). The first-order chi connectivity index (χ1) is 13.3. The summed E-state index contributed by atoms with van der Waals surface area (Å²) in [5, 5.41) is 6.77. The molecule has 0 bridgehead atoms. The number of halogens is 2. The van der Waals surface area contributed by atoms with Gasteiger partial charge in [0.15, 0.2) is 0 Å². The summed E-state index contributed by atoms with van der Waals surface area (Å²) in [7, 11) is 1.50. The third kappa shape index (κ3) is 5.63. The van der Waals surface area contributed by atoms with Gasteiger partial charge < -0.3 is 15.4 Å². The van der Waals surface area contributed by atoms with Gasteiger partial charge in [-0.15, -0.1) is 0 Å². The third-order valence-corrected chi connectivity index (χ3v) is 5.03. The maximum Gasteiger partial charge on any atom is 0.255 e. The molecule has 2 aromatic carbocycles. The van der Waals surface area contributed by atoms with Gasteiger partial charge in [-0.25, -0.2) is 0 Å². The lowest BCUT2D eigenvalue weighted by molar-refractivity contribution is -0.123. The van der Waals surface area contributed by atoms with E-state index in [1.165, 1.54) is 7.11 Å². The average Bonchev–Trinajstić information content (AvgIpc) is 2.67. The van der Waals surface area contributed by atoms with Crippen LogP contribution in [-0.2, 0) is 11.2 Å². The number of carbonyl (C=O) groups is 2. The quantitative estimate of drug-likeness (QED) is 0.672. The molecule has 2 amide bonds. The molecule has 2 rings (SSSR count). The molecular formula is C21H24Cl2N2O3. The van der Waals surface area contributed by atoms with Gasteiger partial charge in [-0.3, -0.25) is 9.59 Å². The average molecular weight is 423 g/mol. The Kier molecular flexibility index (Phi) is 8.15. The van der Waals surface area contributed by atoms with Crippen molar-refractivity contribution in [3.63, 3.8) is 0 Å². The van der Waals surface area contributed by atoms with Crippen LogP contribution in [0.4, 0.5) is 0 Å². The van der Waals surface area contributed by atoms with Gasteiger partial charge in [0.05, 0.1) is 12.7 Å². The highest BCUT2D eigenvalue weighted by Gasteiger charge is 2.25. The number of benzene rings is 2. The molecule has 1 atom stereocenters. The number of hydrogen-bond acceptors (Lipinski definition) is 3. The molecule has 0 spiro atoms. The maximum atomic E-state index is 12.6. The molecule has 0 radical (unpaired) electrons. The second-order valence-electron chi connectivity index (χ2n) is 6.64. The first-order valence-electron chi connectivity index (χ1n) is 8.99. The van der Waals surface area contributed by atoms with Crippen LogP contribution in [0.25, 0.3) is 0 Å². The first kappa shape index (κ1) is 22.1. The van der Waals surface area contributed by atoms with Crippen LogP contribution in [0.1, 0.15) is 29.8 Å². The van der Waals surface area contributed by atoms with Crippen molar-refractivity contribution >= 4 is 35.0 Å². The molecule has 0 saturated heterocycles. The number of para-hydroxylation sites is 1. The molecule has 0 aromatic heterocycles. The van der Waals surface area contributed by atoms with Gasteiger partial charge in [0, 0.05) is 16.6 Å². The molecule has 5 nitrogen and oxygen atoms in total. The van der Waals surface area contributed by atoms with E-state index >= 15 is 0 Å². The Morgan fingerprint density at radius 3 is 2.29 bits per heavy atom. The van der Waals surface area contributed by atoms with Crippen molar-refractivity contribution in [2.75, 3.05) is 13.7 Å². The molecule has 7 heteroatoms. The van der Waals surface area contributed by atoms with E-state index in [0.717, 1.165) is 5.56 Å². The summed E-state index contributed by atoms with van der Waals surface area (Å²) >= 11 is 12.3. The fourth-order valence-corrected chi connectivity index (χ4v) is 3.36. The van der Waals surface area contributed by atoms with Gasteiger partial charge in [-0.2, -0.15) is 0 Å². The summed E-state index contributed by atoms with van der Waals surface area (Å²) in [5.41, 5.74) is 1.16. The minimum Gasteiger partial charge on any atom is -0.496 e. The summed E-state index contributed by atoms with van der Waals surface area (Å²) in [6.07, 6.45) is 0.496. The number of ether oxygens (including phenoxy) is 1. The van der Waals surface area contributed by atoms with Crippen LogP contribution in [0.15, 0.2) is 42.5 Å². The molecule has 0 heterocycles. The minimum absolute atomic E-state index is 0.0949. The molecule has 0 aliphatic heterocycles. The summed E-state index contributed by atoms with van der Waals surface area (Å²) in [5.74, 6) is -0.263. The zero-order valence-electron chi connectivity index (χ0n) is 16.1. The molecule has 2 aromatic rings. The minimum atomic E-state index is -0.681. The summed E-state index contributed by atoms with van der Waals surface area (Å²) in [4.78, 5) is 25.3. The molecule has 0 saturated carbocycles. The number of nitrogens with one attached hydrogen (secondary N) is 2. The van der Waals surface area contributed by atoms with E-state index < -0.39 is 6.04 Å². The Morgan fingerprint density at radius 1 is 1.04 bits per heavy atom. The van der Waals surface area contributed by atoms with Crippen LogP contribution in [0.3, 0.4) is 0 Å². The van der Waals surface area contributed by atoms with Gasteiger partial charge in [-0.05, 0) is 42.2 Å². The van der Waals surface area contributed by atoms with E-state index in [-0.39, 0.29) is 17.7 Å². The van der Waals surface area contributed by atoms with Crippen LogP contribution in [0, 0.1) is 5.92 Å². The Labute approximate surface area is 175 Å². The molecule has 28 heavy (non-hydrogen) atoms. The van der Waals surface area contributed by atoms with E-state index in [1.807, 2.05) is 13.8 Å². The normalized spacial score (nSPS) is 11.8. The Bertz CT molecular complexity index is 820. The Morgan fingerprint density at radius 2 is 1.68 bits per heavy atom. The van der Waals surface area contributed by atoms with Crippen molar-refractivity contribution in [3.8, 4) is 5.75 Å². The third-order valence-electron chi connectivity index (χ3n) is 4.32. The largest absolute Gasteiger partial charge is 0.496 e. The zero-order chi connectivity index (χ0) is 20.7. The van der Waals surface area contributed by atoms with Gasteiger partial charge in [0.2, 0.25) is 5.91 Å². The number of carbonyl (C=O) groups excluding carboxylic acids is 2. The summed E-state index contributed by atoms with van der Waals surface area (Å²) in [6.45, 7) is 4.10. The van der Waals surface area contributed by atoms with Crippen LogP contribution in [-0.4, -0.2) is 31.5 Å². The van der Waals surface area contributed by atoms with Crippen LogP contribution < -0.4 is 15.4 Å². The topological polar surface area (TPSA) is 67.4 Å². The van der Waals surface area contributed by atoms with Crippen molar-refractivity contribution in [1.29, 1.82) is 0 Å². The van der Waals surface area contributed by atoms with Crippen LogP contribution >= 0.6 is 23.2 Å². The first-order valence-corrected chi connectivity index (χ1v) is 9.75. The van der Waals surface area contributed by atoms with Gasteiger partial charge in [0.25, 0.3) is 5.91 Å². The SMILES string of the molecule is COc1ccccc1C(=O)NC(C(=O)NCCc1c(Cl)cccc1Cl)C(C)C. The lowest BCUT2D eigenvalue weighted by Crippen LogP contribution is -2.50. The van der Waals surface area contributed by atoms with Crippen molar-refractivity contribution in [2.24, 2.45) is 5.92 Å². The zero-order valence-corrected chi connectivity index (χ0v) is 17.6. The maximum absolute atomic E-state index is 12.6. The molecular weight excluding hydrogens is 399 g/mol. The molecule has 0 fully saturated rings. The number of methoxy groups -OCH3 is 1. The van der Waals surface area contributed by atoms with E-state index in [2.05, 4.69) is 10.6 Å². The molecule has 0 aliphatic rings.